The maximum absolute atomic E-state index is 5.02. The van der Waals surface area contributed by atoms with Gasteiger partial charge in [-0.1, -0.05) is 36.4 Å². The van der Waals surface area contributed by atoms with Crippen LogP contribution in [0.3, 0.4) is 0 Å². The van der Waals surface area contributed by atoms with Gasteiger partial charge in [-0.3, -0.25) is 10.4 Å². The second-order valence-electron chi connectivity index (χ2n) is 3.73. The predicted molar refractivity (Wildman–Crippen MR) is 86.9 cm³/mol. The van der Waals surface area contributed by atoms with Gasteiger partial charge < -0.3 is 42.5 Å². The molecular weight excluding hydrogens is 484 g/mol. The molecule has 0 amide bonds. The summed E-state index contributed by atoms with van der Waals surface area (Å²) in [6, 6.07) is 15.6. The zero-order chi connectivity index (χ0) is 13.5. The van der Waals surface area contributed by atoms with Gasteiger partial charge in [-0.2, -0.15) is 5.10 Å². The third-order valence-electron chi connectivity index (χ3n) is 2.45. The van der Waals surface area contributed by atoms with Gasteiger partial charge >= 0.3 is 24.4 Å². The average molecular weight is 498 g/mol. The van der Waals surface area contributed by atoms with E-state index in [2.05, 4.69) is 20.8 Å². The summed E-state index contributed by atoms with van der Waals surface area (Å²) in [6.45, 7) is 0. The minimum absolute atomic E-state index is 0. The second kappa shape index (κ2) is 15.0. The smallest absolute Gasteiger partial charge is 1.00 e. The molecule has 0 spiro atoms. The van der Waals surface area contributed by atoms with Crippen molar-refractivity contribution >= 4 is 47.5 Å². The molecule has 2 rings (SSSR count). The van der Waals surface area contributed by atoms with Gasteiger partial charge in [0.1, 0.15) is 5.71 Å². The van der Waals surface area contributed by atoms with Gasteiger partial charge in [0.2, 0.25) is 0 Å². The summed E-state index contributed by atoms with van der Waals surface area (Å²) in [6.07, 6.45) is 1.74. The Labute approximate surface area is 177 Å². The average Bonchev–Trinajstić information content (AvgIpc) is 2.49. The number of thiocarbonyl (C=S) groups is 1. The molecule has 122 valence electrons. The number of aromatic nitrogens is 1. The normalized spacial score (nSPS) is 9.00. The molecule has 0 unspecified atom stereocenters. The summed E-state index contributed by atoms with van der Waals surface area (Å²) in [7, 11) is 1.74. The van der Waals surface area contributed by atoms with Crippen LogP contribution in [-0.4, -0.2) is 47.3 Å². The Morgan fingerprint density at radius 3 is 2.13 bits per heavy atom. The van der Waals surface area contributed by atoms with Crippen LogP contribution in [0.2, 0.25) is 0 Å². The Kier molecular flexibility index (Phi) is 17.8. The van der Waals surface area contributed by atoms with E-state index in [0.29, 0.717) is 5.11 Å². The number of halogens is 3. The van der Waals surface area contributed by atoms with Crippen molar-refractivity contribution in [2.45, 2.75) is 0 Å². The van der Waals surface area contributed by atoms with E-state index in [1.807, 2.05) is 48.5 Å². The number of pyridine rings is 1. The number of hydrogen-bond donors (Lipinski definition) is 2. The van der Waals surface area contributed by atoms with E-state index in [1.165, 1.54) is 0 Å². The Morgan fingerprint density at radius 2 is 1.61 bits per heavy atom. The van der Waals surface area contributed by atoms with Gasteiger partial charge in [0, 0.05) is 18.8 Å². The third-order valence-corrected chi connectivity index (χ3v) is 2.75. The summed E-state index contributed by atoms with van der Waals surface area (Å²) in [5.74, 6) is 0. The summed E-state index contributed by atoms with van der Waals surface area (Å²) >= 11 is 5.02. The molecule has 23 heavy (non-hydrogen) atoms. The molecule has 4 nitrogen and oxygen atoms in total. The van der Waals surface area contributed by atoms with E-state index in [4.69, 9.17) is 12.2 Å². The molecule has 0 bridgehead atoms. The molecule has 1 aromatic heterocycles. The molecule has 9 heteroatoms. The maximum atomic E-state index is 5.02. The van der Waals surface area contributed by atoms with Crippen LogP contribution in [0.4, 0.5) is 0 Å². The molecule has 1 heterocycles. The van der Waals surface area contributed by atoms with Crippen LogP contribution in [0.5, 0.6) is 0 Å². The van der Waals surface area contributed by atoms with Crippen LogP contribution in [0.1, 0.15) is 11.3 Å². The number of hydrazone groups is 1. The van der Waals surface area contributed by atoms with Crippen LogP contribution in [-0.2, 0) is 0 Å². The third kappa shape index (κ3) is 8.73. The van der Waals surface area contributed by atoms with Crippen molar-refractivity contribution in [3.8, 4) is 0 Å². The van der Waals surface area contributed by atoms with Crippen LogP contribution < -0.4 is 48.0 Å². The van der Waals surface area contributed by atoms with Crippen molar-refractivity contribution in [1.82, 2.24) is 15.7 Å². The van der Waals surface area contributed by atoms with Gasteiger partial charge in [0.25, 0.3) is 0 Å². The zero-order valence-corrected chi connectivity index (χ0v) is 17.7. The zero-order valence-electron chi connectivity index (χ0n) is 12.1. The van der Waals surface area contributed by atoms with Crippen LogP contribution in [0.15, 0.2) is 59.8 Å². The second-order valence-corrected chi connectivity index (χ2v) is 4.14. The number of hydrogen-bond acceptors (Lipinski definition) is 3. The minimum atomic E-state index is 0. The first-order chi connectivity index (χ1) is 9.31. The fraction of sp³-hybridized carbons (Fsp3) is 0.0714. The Hall–Kier alpha value is -0.582. The van der Waals surface area contributed by atoms with E-state index in [-0.39, 0.29) is 61.6 Å². The molecule has 0 aliphatic heterocycles. The van der Waals surface area contributed by atoms with Crippen molar-refractivity contribution in [2.24, 2.45) is 5.10 Å². The number of benzene rings is 1. The summed E-state index contributed by atoms with van der Waals surface area (Å²) in [4.78, 5) is 4.32. The van der Waals surface area contributed by atoms with Crippen LogP contribution >= 0.6 is 12.2 Å². The molecule has 0 aliphatic carbocycles. The standard InChI is InChI=1S/C14H14N4S.3ClH.Sb/c1-15-14(19)18-17-13(11-7-3-2-4-8-11)12-9-5-6-10-16-12;;;;/h2-10H,1H3,(H2,15,18,19);3*1H;/q;;;;+3/p-3/b17-13+;;;;. The first-order valence-electron chi connectivity index (χ1n) is 5.83. The molecule has 0 atom stereocenters. The first-order valence-corrected chi connectivity index (χ1v) is 6.24. The van der Waals surface area contributed by atoms with Crippen molar-refractivity contribution in [3.05, 3.63) is 66.0 Å². The van der Waals surface area contributed by atoms with E-state index in [1.54, 1.807) is 13.2 Å². The molecule has 0 saturated carbocycles. The number of nitrogens with zero attached hydrogens (tertiary/aromatic N) is 2. The maximum Gasteiger partial charge on any atom is 3.00 e. The molecule has 0 aliphatic rings. The Bertz CT molecular complexity index is 544. The summed E-state index contributed by atoms with van der Waals surface area (Å²) in [5, 5.41) is 7.61. The van der Waals surface area contributed by atoms with Crippen molar-refractivity contribution in [2.75, 3.05) is 7.05 Å². The molecular formula is C14H14Cl3N4SSb. The largest absolute Gasteiger partial charge is 3.00 e. The van der Waals surface area contributed by atoms with Gasteiger partial charge in [-0.15, -0.1) is 0 Å². The van der Waals surface area contributed by atoms with Crippen LogP contribution in [0, 0.1) is 0 Å². The van der Waals surface area contributed by atoms with Gasteiger partial charge in [-0.05, 0) is 24.4 Å². The van der Waals surface area contributed by atoms with Crippen molar-refractivity contribution in [1.29, 1.82) is 0 Å². The molecule has 0 fully saturated rings. The van der Waals surface area contributed by atoms with Gasteiger partial charge in [-0.25, -0.2) is 0 Å². The quantitative estimate of drug-likeness (QED) is 0.191. The molecule has 2 radical (unpaired) electrons. The van der Waals surface area contributed by atoms with Gasteiger partial charge in [0.15, 0.2) is 5.11 Å². The van der Waals surface area contributed by atoms with Crippen molar-refractivity contribution < 1.29 is 37.2 Å². The monoisotopic (exact) mass is 496 g/mol. The first kappa shape index (κ1) is 27.3. The summed E-state index contributed by atoms with van der Waals surface area (Å²) in [5.41, 5.74) is 5.32. The summed E-state index contributed by atoms with van der Waals surface area (Å²) < 4.78 is 0. The molecule has 1 aromatic carbocycles. The number of rotatable bonds is 3. The fourth-order valence-electron chi connectivity index (χ4n) is 1.53. The Morgan fingerprint density at radius 1 is 1.00 bits per heavy atom. The van der Waals surface area contributed by atoms with Gasteiger partial charge in [0.05, 0.1) is 5.69 Å². The Balaban J connectivity index is -0.000001000. The fourth-order valence-corrected chi connectivity index (χ4v) is 1.58. The van der Waals surface area contributed by atoms with Crippen molar-refractivity contribution in [3.63, 3.8) is 0 Å². The van der Waals surface area contributed by atoms with Crippen LogP contribution in [0.25, 0.3) is 0 Å². The van der Waals surface area contributed by atoms with E-state index < -0.39 is 0 Å². The molecule has 2 N–H and O–H groups in total. The topological polar surface area (TPSA) is 49.3 Å². The van der Waals surface area contributed by atoms with E-state index in [0.717, 1.165) is 17.0 Å². The van der Waals surface area contributed by atoms with E-state index >= 15 is 0 Å². The number of nitrogens with one attached hydrogen (secondary N) is 2. The molecule has 0 saturated heterocycles. The predicted octanol–water partition coefficient (Wildman–Crippen LogP) is -7.44. The molecule has 2 aromatic rings. The van der Waals surface area contributed by atoms with E-state index in [9.17, 15) is 0 Å². The minimum Gasteiger partial charge on any atom is -1.00 e. The SMILES string of the molecule is CNC(=S)N/N=C(\c1ccccc1)c1ccccn1.[Cl-].[Cl-].[Cl-].[Sb+3].